The molecule has 0 saturated heterocycles. The number of methoxy groups -OCH3 is 2. The lowest BCUT2D eigenvalue weighted by atomic mass is 10.0. The van der Waals surface area contributed by atoms with Gasteiger partial charge < -0.3 is 14.8 Å². The molecular formula is C14H19N3O2S. The highest BCUT2D eigenvalue weighted by Crippen LogP contribution is 2.32. The Bertz CT molecular complexity index is 531. The lowest BCUT2D eigenvalue weighted by molar-refractivity contribution is 0.393. The summed E-state index contributed by atoms with van der Waals surface area (Å²) >= 11 is 1.35. The number of rotatable bonds is 7. The molecule has 2 rings (SSSR count). The molecule has 2 aromatic rings. The molecule has 1 heterocycles. The molecule has 0 aliphatic carbocycles. The average Bonchev–Trinajstić information content (AvgIpc) is 3.01. The standard InChI is InChI=1S/C14H19N3O2S/c1-4-7-15-14(12-9-20-17-16-12)11-8-10(18-2)5-6-13(11)19-3/h5-6,8-9,14-15H,4,7H2,1-3H3. The van der Waals surface area contributed by atoms with Crippen molar-refractivity contribution in [3.8, 4) is 11.5 Å². The Morgan fingerprint density at radius 1 is 1.30 bits per heavy atom. The van der Waals surface area contributed by atoms with Crippen molar-refractivity contribution in [1.82, 2.24) is 14.9 Å². The van der Waals surface area contributed by atoms with Crippen LogP contribution in [0.5, 0.6) is 11.5 Å². The number of aromatic nitrogens is 2. The van der Waals surface area contributed by atoms with E-state index in [1.54, 1.807) is 14.2 Å². The molecule has 0 saturated carbocycles. The van der Waals surface area contributed by atoms with E-state index in [0.717, 1.165) is 35.7 Å². The second-order valence-electron chi connectivity index (χ2n) is 4.32. The molecule has 0 spiro atoms. The van der Waals surface area contributed by atoms with Crippen molar-refractivity contribution in [3.05, 3.63) is 34.8 Å². The van der Waals surface area contributed by atoms with Crippen LogP contribution in [-0.4, -0.2) is 30.4 Å². The quantitative estimate of drug-likeness (QED) is 0.850. The second-order valence-corrected chi connectivity index (χ2v) is 4.93. The second kappa shape index (κ2) is 7.21. The van der Waals surface area contributed by atoms with Crippen molar-refractivity contribution in [2.45, 2.75) is 19.4 Å². The SMILES string of the molecule is CCCNC(c1csnn1)c1cc(OC)ccc1OC. The lowest BCUT2D eigenvalue weighted by Crippen LogP contribution is -2.24. The molecule has 0 amide bonds. The molecule has 0 aliphatic heterocycles. The number of ether oxygens (including phenoxy) is 2. The molecule has 5 nitrogen and oxygen atoms in total. The highest BCUT2D eigenvalue weighted by molar-refractivity contribution is 7.03. The minimum Gasteiger partial charge on any atom is -0.497 e. The zero-order valence-corrected chi connectivity index (χ0v) is 12.7. The predicted octanol–water partition coefficient (Wildman–Crippen LogP) is 2.64. The van der Waals surface area contributed by atoms with Gasteiger partial charge in [0.2, 0.25) is 0 Å². The molecular weight excluding hydrogens is 274 g/mol. The van der Waals surface area contributed by atoms with Crippen LogP contribution in [0.15, 0.2) is 23.6 Å². The van der Waals surface area contributed by atoms with Gasteiger partial charge in [0.15, 0.2) is 0 Å². The molecule has 0 bridgehead atoms. The van der Waals surface area contributed by atoms with Crippen LogP contribution >= 0.6 is 11.5 Å². The van der Waals surface area contributed by atoms with Gasteiger partial charge in [0.05, 0.1) is 26.0 Å². The Labute approximate surface area is 123 Å². The minimum absolute atomic E-state index is 0.0428. The Morgan fingerprint density at radius 2 is 2.15 bits per heavy atom. The Hall–Kier alpha value is -1.66. The fraction of sp³-hybridized carbons (Fsp3) is 0.429. The smallest absolute Gasteiger partial charge is 0.124 e. The highest BCUT2D eigenvalue weighted by atomic mass is 32.1. The largest absolute Gasteiger partial charge is 0.497 e. The number of nitrogens with one attached hydrogen (secondary N) is 1. The summed E-state index contributed by atoms with van der Waals surface area (Å²) in [7, 11) is 3.33. The summed E-state index contributed by atoms with van der Waals surface area (Å²) < 4.78 is 14.7. The maximum Gasteiger partial charge on any atom is 0.124 e. The first-order valence-electron chi connectivity index (χ1n) is 6.52. The Morgan fingerprint density at radius 3 is 2.75 bits per heavy atom. The Kier molecular flexibility index (Phi) is 5.31. The van der Waals surface area contributed by atoms with Crippen LogP contribution in [0.2, 0.25) is 0 Å². The molecule has 0 fully saturated rings. The molecule has 1 aromatic carbocycles. The lowest BCUT2D eigenvalue weighted by Gasteiger charge is -2.20. The topological polar surface area (TPSA) is 56.3 Å². The third-order valence-corrected chi connectivity index (χ3v) is 3.54. The van der Waals surface area contributed by atoms with E-state index >= 15 is 0 Å². The highest BCUT2D eigenvalue weighted by Gasteiger charge is 2.20. The molecule has 1 N–H and O–H groups in total. The first-order valence-corrected chi connectivity index (χ1v) is 7.36. The van der Waals surface area contributed by atoms with Gasteiger partial charge in [0.1, 0.15) is 11.5 Å². The molecule has 108 valence electrons. The molecule has 6 heteroatoms. The summed E-state index contributed by atoms with van der Waals surface area (Å²) in [5.74, 6) is 1.61. The maximum atomic E-state index is 5.46. The van der Waals surface area contributed by atoms with Gasteiger partial charge in [-0.2, -0.15) is 0 Å². The van der Waals surface area contributed by atoms with Crippen LogP contribution in [0.3, 0.4) is 0 Å². The molecule has 0 radical (unpaired) electrons. The van der Waals surface area contributed by atoms with Crippen LogP contribution in [0, 0.1) is 0 Å². The summed E-state index contributed by atoms with van der Waals surface area (Å²) in [4.78, 5) is 0. The van der Waals surface area contributed by atoms with Gasteiger partial charge in [-0.1, -0.05) is 11.4 Å². The van der Waals surface area contributed by atoms with E-state index in [4.69, 9.17) is 9.47 Å². The number of hydrogen-bond acceptors (Lipinski definition) is 6. The van der Waals surface area contributed by atoms with Crippen molar-refractivity contribution >= 4 is 11.5 Å². The van der Waals surface area contributed by atoms with Crippen molar-refractivity contribution in [2.75, 3.05) is 20.8 Å². The van der Waals surface area contributed by atoms with Gasteiger partial charge in [-0.3, -0.25) is 0 Å². The zero-order chi connectivity index (χ0) is 14.4. The van der Waals surface area contributed by atoms with Crippen molar-refractivity contribution in [2.24, 2.45) is 0 Å². The predicted molar refractivity (Wildman–Crippen MR) is 79.6 cm³/mol. The first kappa shape index (κ1) is 14.7. The Balaban J connectivity index is 2.41. The summed E-state index contributed by atoms with van der Waals surface area (Å²) in [5, 5.41) is 9.62. The third-order valence-electron chi connectivity index (χ3n) is 3.02. The fourth-order valence-corrected chi connectivity index (χ4v) is 2.50. The van der Waals surface area contributed by atoms with Crippen molar-refractivity contribution in [3.63, 3.8) is 0 Å². The summed E-state index contributed by atoms with van der Waals surface area (Å²) in [6.07, 6.45) is 1.04. The van der Waals surface area contributed by atoms with Gasteiger partial charge in [0, 0.05) is 10.9 Å². The van der Waals surface area contributed by atoms with Crippen LogP contribution in [-0.2, 0) is 0 Å². The first-order chi connectivity index (χ1) is 9.80. The van der Waals surface area contributed by atoms with Gasteiger partial charge in [-0.25, -0.2) is 0 Å². The van der Waals surface area contributed by atoms with Gasteiger partial charge in [-0.05, 0) is 42.7 Å². The maximum absolute atomic E-state index is 5.46. The van der Waals surface area contributed by atoms with Crippen molar-refractivity contribution < 1.29 is 9.47 Å². The number of benzene rings is 1. The van der Waals surface area contributed by atoms with E-state index in [-0.39, 0.29) is 6.04 Å². The summed E-state index contributed by atoms with van der Waals surface area (Å²) in [6, 6.07) is 5.73. The van der Waals surface area contributed by atoms with E-state index in [1.165, 1.54) is 11.5 Å². The van der Waals surface area contributed by atoms with Crippen molar-refractivity contribution in [1.29, 1.82) is 0 Å². The minimum atomic E-state index is -0.0428. The van der Waals surface area contributed by atoms with Crippen LogP contribution in [0.1, 0.15) is 30.6 Å². The van der Waals surface area contributed by atoms with Gasteiger partial charge >= 0.3 is 0 Å². The van der Waals surface area contributed by atoms with E-state index in [9.17, 15) is 0 Å². The molecule has 1 aromatic heterocycles. The van der Waals surface area contributed by atoms with E-state index in [2.05, 4.69) is 21.8 Å². The fourth-order valence-electron chi connectivity index (χ4n) is 2.03. The van der Waals surface area contributed by atoms with Gasteiger partial charge in [0.25, 0.3) is 0 Å². The molecule has 20 heavy (non-hydrogen) atoms. The van der Waals surface area contributed by atoms with Crippen LogP contribution < -0.4 is 14.8 Å². The van der Waals surface area contributed by atoms with Gasteiger partial charge in [-0.15, -0.1) is 5.10 Å². The molecule has 1 atom stereocenters. The summed E-state index contributed by atoms with van der Waals surface area (Å²) in [5.41, 5.74) is 1.91. The molecule has 1 unspecified atom stereocenters. The third kappa shape index (κ3) is 3.26. The number of hydrogen-bond donors (Lipinski definition) is 1. The average molecular weight is 293 g/mol. The summed E-state index contributed by atoms with van der Waals surface area (Å²) in [6.45, 7) is 3.02. The van der Waals surface area contributed by atoms with Crippen LogP contribution in [0.4, 0.5) is 0 Å². The van der Waals surface area contributed by atoms with E-state index in [0.29, 0.717) is 0 Å². The van der Waals surface area contributed by atoms with Crippen LogP contribution in [0.25, 0.3) is 0 Å². The molecule has 0 aliphatic rings. The zero-order valence-electron chi connectivity index (χ0n) is 11.9. The normalized spacial score (nSPS) is 12.2. The monoisotopic (exact) mass is 293 g/mol. The van der Waals surface area contributed by atoms with E-state index < -0.39 is 0 Å². The number of nitrogens with zero attached hydrogens (tertiary/aromatic N) is 2. The van der Waals surface area contributed by atoms with E-state index in [1.807, 2.05) is 23.6 Å².